The van der Waals surface area contributed by atoms with Crippen LogP contribution in [0.2, 0.25) is 0 Å². The van der Waals surface area contributed by atoms with E-state index in [1.165, 1.54) is 0 Å². The minimum absolute atomic E-state index is 0.292. The molecule has 0 unspecified atom stereocenters. The Labute approximate surface area is 137 Å². The van der Waals surface area contributed by atoms with Crippen molar-refractivity contribution in [2.75, 3.05) is 19.6 Å². The topological polar surface area (TPSA) is 58.4 Å². The van der Waals surface area contributed by atoms with Gasteiger partial charge in [0, 0.05) is 12.5 Å². The van der Waals surface area contributed by atoms with Crippen LogP contribution in [0.15, 0.2) is 18.2 Å². The third-order valence-corrected chi connectivity index (χ3v) is 4.29. The van der Waals surface area contributed by atoms with Gasteiger partial charge in [-0.3, -0.25) is 0 Å². The van der Waals surface area contributed by atoms with Gasteiger partial charge in [0.15, 0.2) is 0 Å². The van der Waals surface area contributed by atoms with E-state index in [9.17, 15) is 4.79 Å². The van der Waals surface area contributed by atoms with Crippen LogP contribution < -0.4 is 0 Å². The summed E-state index contributed by atoms with van der Waals surface area (Å²) in [6.07, 6.45) is 1.06. The molecule has 0 aliphatic carbocycles. The van der Waals surface area contributed by atoms with Crippen LogP contribution in [0.3, 0.4) is 0 Å². The predicted octanol–water partition coefficient (Wildman–Crippen LogP) is 3.59. The summed E-state index contributed by atoms with van der Waals surface area (Å²) in [7, 11) is 0. The van der Waals surface area contributed by atoms with Crippen LogP contribution in [-0.2, 0) is 6.54 Å². The summed E-state index contributed by atoms with van der Waals surface area (Å²) in [6.45, 7) is 12.7. The zero-order valence-corrected chi connectivity index (χ0v) is 14.5. The minimum atomic E-state index is -0.908. The Morgan fingerprint density at radius 1 is 1.30 bits per heavy atom. The molecule has 0 saturated carbocycles. The Morgan fingerprint density at radius 3 is 2.57 bits per heavy atom. The maximum Gasteiger partial charge on any atom is 0.335 e. The number of nitrogens with zero attached hydrogens (tertiary/aromatic N) is 3. The molecule has 0 aliphatic heterocycles. The molecule has 0 saturated heterocycles. The molecule has 1 N–H and O–H groups in total. The van der Waals surface area contributed by atoms with Crippen molar-refractivity contribution in [3.63, 3.8) is 0 Å². The number of carboxylic acids is 1. The van der Waals surface area contributed by atoms with E-state index in [2.05, 4.69) is 42.1 Å². The second-order valence-corrected chi connectivity index (χ2v) is 6.17. The molecule has 5 heteroatoms. The molecule has 0 atom stereocenters. The van der Waals surface area contributed by atoms with Crippen molar-refractivity contribution in [3.8, 4) is 0 Å². The van der Waals surface area contributed by atoms with Crippen LogP contribution in [0.4, 0.5) is 0 Å². The first-order valence-electron chi connectivity index (χ1n) is 8.43. The Hall–Kier alpha value is -1.88. The molecule has 0 radical (unpaired) electrons. The summed E-state index contributed by atoms with van der Waals surface area (Å²) in [6, 6.07) is 5.22. The molecule has 23 heavy (non-hydrogen) atoms. The fourth-order valence-electron chi connectivity index (χ4n) is 2.95. The van der Waals surface area contributed by atoms with Crippen LogP contribution in [0.5, 0.6) is 0 Å². The summed E-state index contributed by atoms with van der Waals surface area (Å²) in [5, 5.41) is 9.15. The molecule has 0 amide bonds. The van der Waals surface area contributed by atoms with Gasteiger partial charge in [0.05, 0.1) is 16.6 Å². The number of carboxylic acid groups (broad SMARTS) is 1. The second-order valence-electron chi connectivity index (χ2n) is 6.17. The van der Waals surface area contributed by atoms with E-state index in [1.807, 2.05) is 6.07 Å². The largest absolute Gasteiger partial charge is 0.478 e. The van der Waals surface area contributed by atoms with Crippen LogP contribution >= 0.6 is 0 Å². The highest BCUT2D eigenvalue weighted by atomic mass is 16.4. The second kappa shape index (κ2) is 7.59. The number of imidazole rings is 1. The lowest BCUT2D eigenvalue weighted by atomic mass is 10.2. The molecular weight excluding hydrogens is 290 g/mol. The molecule has 0 bridgehead atoms. The molecule has 2 rings (SSSR count). The monoisotopic (exact) mass is 317 g/mol. The standard InChI is InChI=1S/C18H27N3O2/c1-5-20(6-2)10-7-11-21-16-9-8-14(18(22)23)12-15(16)19-17(21)13(3)4/h8-9,12-13H,5-7,10-11H2,1-4H3,(H,22,23). The van der Waals surface area contributed by atoms with Crippen molar-refractivity contribution in [2.24, 2.45) is 0 Å². The van der Waals surface area contributed by atoms with Gasteiger partial charge in [0.2, 0.25) is 0 Å². The van der Waals surface area contributed by atoms with Gasteiger partial charge < -0.3 is 14.6 Å². The molecule has 0 fully saturated rings. The lowest BCUT2D eigenvalue weighted by molar-refractivity contribution is 0.0697. The Balaban J connectivity index is 2.29. The number of benzene rings is 1. The maximum atomic E-state index is 11.1. The van der Waals surface area contributed by atoms with E-state index in [0.29, 0.717) is 11.5 Å². The lowest BCUT2D eigenvalue weighted by Gasteiger charge is -2.19. The van der Waals surface area contributed by atoms with Gasteiger partial charge in [-0.1, -0.05) is 27.7 Å². The van der Waals surface area contributed by atoms with Gasteiger partial charge in [0.25, 0.3) is 0 Å². The van der Waals surface area contributed by atoms with Crippen LogP contribution in [-0.4, -0.2) is 45.2 Å². The lowest BCUT2D eigenvalue weighted by Crippen LogP contribution is -2.25. The Bertz CT molecular complexity index is 672. The molecule has 0 spiro atoms. The molecule has 1 heterocycles. The number of carbonyl (C=O) groups is 1. The van der Waals surface area contributed by atoms with Crippen molar-refractivity contribution in [1.82, 2.24) is 14.5 Å². The Morgan fingerprint density at radius 2 is 2.00 bits per heavy atom. The number of hydrogen-bond acceptors (Lipinski definition) is 3. The summed E-state index contributed by atoms with van der Waals surface area (Å²) in [5.74, 6) is 0.431. The minimum Gasteiger partial charge on any atom is -0.478 e. The van der Waals surface area contributed by atoms with Gasteiger partial charge in [-0.2, -0.15) is 0 Å². The van der Waals surface area contributed by atoms with E-state index >= 15 is 0 Å². The quantitative estimate of drug-likeness (QED) is 0.808. The maximum absolute atomic E-state index is 11.1. The van der Waals surface area contributed by atoms with Crippen molar-refractivity contribution in [3.05, 3.63) is 29.6 Å². The van der Waals surface area contributed by atoms with Crippen molar-refractivity contribution < 1.29 is 9.90 Å². The average Bonchev–Trinajstić information content (AvgIpc) is 2.89. The molecule has 1 aromatic heterocycles. The molecule has 1 aromatic carbocycles. The molecule has 2 aromatic rings. The van der Waals surface area contributed by atoms with Gasteiger partial charge in [-0.05, 0) is 44.3 Å². The van der Waals surface area contributed by atoms with Crippen molar-refractivity contribution in [2.45, 2.75) is 46.6 Å². The van der Waals surface area contributed by atoms with Crippen molar-refractivity contribution >= 4 is 17.0 Å². The number of rotatable bonds is 8. The van der Waals surface area contributed by atoms with E-state index in [0.717, 1.165) is 49.5 Å². The number of hydrogen-bond donors (Lipinski definition) is 1. The van der Waals surface area contributed by atoms with E-state index in [1.54, 1.807) is 12.1 Å². The van der Waals surface area contributed by atoms with Gasteiger partial charge in [-0.25, -0.2) is 9.78 Å². The summed E-state index contributed by atoms with van der Waals surface area (Å²) >= 11 is 0. The first kappa shape index (κ1) is 17.5. The first-order chi connectivity index (χ1) is 11.0. The average molecular weight is 317 g/mol. The van der Waals surface area contributed by atoms with E-state index < -0.39 is 5.97 Å². The highest BCUT2D eigenvalue weighted by Gasteiger charge is 2.15. The number of aromatic carboxylic acids is 1. The SMILES string of the molecule is CCN(CC)CCCn1c(C(C)C)nc2cc(C(=O)O)ccc21. The number of aromatic nitrogens is 2. The predicted molar refractivity (Wildman–Crippen MR) is 93.2 cm³/mol. The third-order valence-electron chi connectivity index (χ3n) is 4.29. The molecule has 126 valence electrons. The molecule has 5 nitrogen and oxygen atoms in total. The highest BCUT2D eigenvalue weighted by molar-refractivity contribution is 5.92. The number of aryl methyl sites for hydroxylation is 1. The Kier molecular flexibility index (Phi) is 5.77. The van der Waals surface area contributed by atoms with Crippen LogP contribution in [0, 0.1) is 0 Å². The third kappa shape index (κ3) is 3.91. The van der Waals surface area contributed by atoms with Gasteiger partial charge in [-0.15, -0.1) is 0 Å². The fourth-order valence-corrected chi connectivity index (χ4v) is 2.95. The zero-order chi connectivity index (χ0) is 17.0. The fraction of sp³-hybridized carbons (Fsp3) is 0.556. The van der Waals surface area contributed by atoms with Crippen LogP contribution in [0.1, 0.15) is 56.2 Å². The molecule has 0 aliphatic rings. The summed E-state index contributed by atoms with van der Waals surface area (Å²) in [5.41, 5.74) is 2.09. The van der Waals surface area contributed by atoms with Gasteiger partial charge >= 0.3 is 5.97 Å². The normalized spacial score (nSPS) is 11.7. The van der Waals surface area contributed by atoms with E-state index in [4.69, 9.17) is 5.11 Å². The van der Waals surface area contributed by atoms with E-state index in [-0.39, 0.29) is 0 Å². The summed E-state index contributed by atoms with van der Waals surface area (Å²) < 4.78 is 2.25. The highest BCUT2D eigenvalue weighted by Crippen LogP contribution is 2.23. The zero-order valence-electron chi connectivity index (χ0n) is 14.5. The smallest absolute Gasteiger partial charge is 0.335 e. The van der Waals surface area contributed by atoms with Gasteiger partial charge in [0.1, 0.15) is 5.82 Å². The number of fused-ring (bicyclic) bond motifs is 1. The summed E-state index contributed by atoms with van der Waals surface area (Å²) in [4.78, 5) is 18.2. The van der Waals surface area contributed by atoms with Crippen molar-refractivity contribution in [1.29, 1.82) is 0 Å². The first-order valence-corrected chi connectivity index (χ1v) is 8.43. The molecular formula is C18H27N3O2. The van der Waals surface area contributed by atoms with Crippen LogP contribution in [0.25, 0.3) is 11.0 Å².